The fourth-order valence-electron chi connectivity index (χ4n) is 10.4. The molecule has 13 rings (SSSR count). The average molecular weight is 787 g/mol. The lowest BCUT2D eigenvalue weighted by Crippen LogP contribution is -1.99. The van der Waals surface area contributed by atoms with Gasteiger partial charge in [0.15, 0.2) is 0 Å². The lowest BCUT2D eigenvalue weighted by Gasteiger charge is -2.17. The predicted octanol–water partition coefficient (Wildman–Crippen LogP) is 16.3. The largest absolute Gasteiger partial charge is 0.309 e. The number of benzene rings is 11. The Morgan fingerprint density at radius 1 is 0.210 bits per heavy atom. The van der Waals surface area contributed by atoms with Gasteiger partial charge in [-0.3, -0.25) is 0 Å². The zero-order chi connectivity index (χ0) is 40.7. The van der Waals surface area contributed by atoms with Crippen molar-refractivity contribution in [2.24, 2.45) is 0 Å². The lowest BCUT2D eigenvalue weighted by molar-refractivity contribution is 1.18. The van der Waals surface area contributed by atoms with Crippen molar-refractivity contribution in [1.29, 1.82) is 0 Å². The van der Waals surface area contributed by atoms with Gasteiger partial charge in [0.1, 0.15) is 0 Å². The molecule has 0 atom stereocenters. The normalized spacial score (nSPS) is 11.9. The van der Waals surface area contributed by atoms with Crippen LogP contribution >= 0.6 is 0 Å². The standard InChI is InChI=1S/C60H38N2/c1-3-17-39(18-4-1)41-35-42(40-19-5-2-6-20-40)37-44(36-41)62-58-32-14-12-26-51(58)53-28-16-30-55(60(53)62)54-29-15-27-52-50-25-11-13-31-57(50)61(59(52)54)43-33-34-49-47-23-8-7-21-45(47)46-22-9-10-24-48(46)56(49)38-43/h1-38H. The highest BCUT2D eigenvalue weighted by Gasteiger charge is 2.22. The second kappa shape index (κ2) is 13.7. The molecule has 0 radical (unpaired) electrons. The number of aromatic nitrogens is 2. The van der Waals surface area contributed by atoms with Gasteiger partial charge in [0.2, 0.25) is 0 Å². The van der Waals surface area contributed by atoms with E-state index in [2.05, 4.69) is 240 Å². The van der Waals surface area contributed by atoms with E-state index < -0.39 is 0 Å². The summed E-state index contributed by atoms with van der Waals surface area (Å²) in [6.45, 7) is 0. The van der Waals surface area contributed by atoms with E-state index in [4.69, 9.17) is 0 Å². The van der Waals surface area contributed by atoms with Gasteiger partial charge in [-0.15, -0.1) is 0 Å². The molecule has 0 bridgehead atoms. The first-order valence-electron chi connectivity index (χ1n) is 21.4. The Morgan fingerprint density at radius 3 is 1.10 bits per heavy atom. The van der Waals surface area contributed by atoms with Crippen LogP contribution in [0.3, 0.4) is 0 Å². The highest BCUT2D eigenvalue weighted by Crippen LogP contribution is 2.45. The average Bonchev–Trinajstić information content (AvgIpc) is 3.88. The first-order valence-corrected chi connectivity index (χ1v) is 21.4. The van der Waals surface area contributed by atoms with E-state index in [1.807, 2.05) is 0 Å². The van der Waals surface area contributed by atoms with E-state index in [0.717, 1.165) is 11.4 Å². The Morgan fingerprint density at radius 2 is 0.597 bits per heavy atom. The van der Waals surface area contributed by atoms with Crippen LogP contribution < -0.4 is 0 Å². The second-order valence-electron chi connectivity index (χ2n) is 16.4. The number of hydrogen-bond donors (Lipinski definition) is 0. The summed E-state index contributed by atoms with van der Waals surface area (Å²) in [6, 6.07) is 84.9. The highest BCUT2D eigenvalue weighted by molar-refractivity contribution is 6.26. The van der Waals surface area contributed by atoms with Gasteiger partial charge in [0, 0.05) is 44.0 Å². The quantitative estimate of drug-likeness (QED) is 0.154. The van der Waals surface area contributed by atoms with E-state index in [1.54, 1.807) is 0 Å². The molecule has 2 heterocycles. The second-order valence-corrected chi connectivity index (χ2v) is 16.4. The topological polar surface area (TPSA) is 9.86 Å². The van der Waals surface area contributed by atoms with Crippen LogP contribution in [-0.2, 0) is 0 Å². The first kappa shape index (κ1) is 34.6. The number of nitrogens with zero attached hydrogens (tertiary/aromatic N) is 2. The van der Waals surface area contributed by atoms with Crippen LogP contribution in [0.25, 0.3) is 121 Å². The van der Waals surface area contributed by atoms with Crippen molar-refractivity contribution in [3.05, 3.63) is 231 Å². The van der Waals surface area contributed by atoms with Crippen LogP contribution in [0.5, 0.6) is 0 Å². The molecule has 0 aliphatic rings. The minimum absolute atomic E-state index is 1.13. The summed E-state index contributed by atoms with van der Waals surface area (Å²) in [7, 11) is 0. The minimum Gasteiger partial charge on any atom is -0.309 e. The first-order chi connectivity index (χ1) is 30.8. The van der Waals surface area contributed by atoms with E-state index in [0.29, 0.717) is 0 Å². The number of hydrogen-bond acceptors (Lipinski definition) is 0. The van der Waals surface area contributed by atoms with E-state index in [1.165, 1.54) is 109 Å². The van der Waals surface area contributed by atoms with Crippen molar-refractivity contribution in [3.63, 3.8) is 0 Å². The molecule has 0 unspecified atom stereocenters. The Balaban J connectivity index is 1.13. The fraction of sp³-hybridized carbons (Fsp3) is 0. The molecule has 13 aromatic rings. The van der Waals surface area contributed by atoms with Crippen LogP contribution in [0, 0.1) is 0 Å². The SMILES string of the molecule is c1ccc(-c2cc(-c3ccccc3)cc(-n3c4ccccc4c4cccc(-c5cccc6c7ccccc7n(-c7ccc8c9ccccc9c9ccccc9c8c7)c56)c43)c2)cc1. The molecular weight excluding hydrogens is 749 g/mol. The van der Waals surface area contributed by atoms with Gasteiger partial charge in [-0.2, -0.15) is 0 Å². The molecule has 11 aromatic carbocycles. The Labute approximate surface area is 358 Å². The van der Waals surface area contributed by atoms with Crippen molar-refractivity contribution in [2.45, 2.75) is 0 Å². The minimum atomic E-state index is 1.13. The summed E-state index contributed by atoms with van der Waals surface area (Å²) in [5.74, 6) is 0. The maximum atomic E-state index is 2.51. The molecule has 0 aliphatic carbocycles. The number of para-hydroxylation sites is 4. The van der Waals surface area contributed by atoms with Crippen LogP contribution in [0.4, 0.5) is 0 Å². The summed E-state index contributed by atoms with van der Waals surface area (Å²) in [6.07, 6.45) is 0. The van der Waals surface area contributed by atoms with Crippen molar-refractivity contribution in [2.75, 3.05) is 0 Å². The van der Waals surface area contributed by atoms with Gasteiger partial charge >= 0.3 is 0 Å². The third kappa shape index (κ3) is 5.17. The Kier molecular flexibility index (Phi) is 7.64. The predicted molar refractivity (Wildman–Crippen MR) is 264 cm³/mol. The molecule has 0 aliphatic heterocycles. The van der Waals surface area contributed by atoms with Gasteiger partial charge in [-0.1, -0.05) is 188 Å². The highest BCUT2D eigenvalue weighted by atomic mass is 15.0. The summed E-state index contributed by atoms with van der Waals surface area (Å²) in [5, 5.41) is 12.6. The zero-order valence-electron chi connectivity index (χ0n) is 33.8. The zero-order valence-corrected chi connectivity index (χ0v) is 33.8. The number of rotatable bonds is 5. The third-order valence-electron chi connectivity index (χ3n) is 13.1. The molecule has 62 heavy (non-hydrogen) atoms. The Hall–Kier alpha value is -8.20. The van der Waals surface area contributed by atoms with Gasteiger partial charge in [-0.05, 0) is 97.0 Å². The fourth-order valence-corrected chi connectivity index (χ4v) is 10.4. The van der Waals surface area contributed by atoms with Crippen molar-refractivity contribution < 1.29 is 0 Å². The van der Waals surface area contributed by atoms with E-state index in [-0.39, 0.29) is 0 Å². The van der Waals surface area contributed by atoms with Crippen molar-refractivity contribution in [1.82, 2.24) is 9.13 Å². The van der Waals surface area contributed by atoms with Crippen molar-refractivity contribution >= 4 is 75.9 Å². The molecule has 0 amide bonds. The third-order valence-corrected chi connectivity index (χ3v) is 13.1. The van der Waals surface area contributed by atoms with Crippen LogP contribution in [0.1, 0.15) is 0 Å². The van der Waals surface area contributed by atoms with Crippen LogP contribution in [0.15, 0.2) is 231 Å². The monoisotopic (exact) mass is 786 g/mol. The Bertz CT molecular complexity index is 3810. The molecule has 2 aromatic heterocycles. The summed E-state index contributed by atoms with van der Waals surface area (Å²) in [4.78, 5) is 0. The van der Waals surface area contributed by atoms with Gasteiger partial charge in [-0.25, -0.2) is 0 Å². The summed E-state index contributed by atoms with van der Waals surface area (Å²) in [5.41, 5.74) is 14.2. The smallest absolute Gasteiger partial charge is 0.0620 e. The van der Waals surface area contributed by atoms with Gasteiger partial charge in [0.25, 0.3) is 0 Å². The summed E-state index contributed by atoms with van der Waals surface area (Å²) >= 11 is 0. The molecule has 2 heteroatoms. The van der Waals surface area contributed by atoms with Gasteiger partial charge in [0.05, 0.1) is 22.1 Å². The maximum Gasteiger partial charge on any atom is 0.0620 e. The van der Waals surface area contributed by atoms with E-state index in [9.17, 15) is 0 Å². The van der Waals surface area contributed by atoms with Crippen LogP contribution in [-0.4, -0.2) is 9.13 Å². The molecule has 0 spiro atoms. The van der Waals surface area contributed by atoms with E-state index >= 15 is 0 Å². The lowest BCUT2D eigenvalue weighted by atomic mass is 9.94. The summed E-state index contributed by atoms with van der Waals surface area (Å²) < 4.78 is 5.02. The molecule has 0 fully saturated rings. The molecule has 0 saturated heterocycles. The van der Waals surface area contributed by atoms with Crippen molar-refractivity contribution in [3.8, 4) is 44.8 Å². The van der Waals surface area contributed by atoms with Gasteiger partial charge < -0.3 is 9.13 Å². The maximum absolute atomic E-state index is 2.51. The van der Waals surface area contributed by atoms with Crippen LogP contribution in [0.2, 0.25) is 0 Å². The molecule has 0 N–H and O–H groups in total. The molecule has 288 valence electrons. The molecule has 2 nitrogen and oxygen atoms in total. The molecular formula is C60H38N2. The number of fused-ring (bicyclic) bond motifs is 12. The molecule has 0 saturated carbocycles.